The van der Waals surface area contributed by atoms with Crippen molar-refractivity contribution in [2.24, 2.45) is 0 Å². The average molecular weight is 791 g/mol. The van der Waals surface area contributed by atoms with Crippen molar-refractivity contribution < 1.29 is 9.47 Å². The molecule has 286 valence electrons. The van der Waals surface area contributed by atoms with Gasteiger partial charge in [-0.1, -0.05) is 148 Å². The predicted molar refractivity (Wildman–Crippen MR) is 251 cm³/mol. The second-order valence-corrected chi connectivity index (χ2v) is 17.9. The molecule has 0 atom stereocenters. The maximum Gasteiger partial charge on any atom is 0.262 e. The van der Waals surface area contributed by atoms with Crippen LogP contribution in [0.1, 0.15) is 26.3 Å². The molecule has 0 N–H and O–H groups in total. The van der Waals surface area contributed by atoms with Crippen LogP contribution < -0.4 is 35.7 Å². The molecular formula is C54H39BN2O2S. The minimum Gasteiger partial charge on any atom is -0.458 e. The van der Waals surface area contributed by atoms with Gasteiger partial charge in [0.25, 0.3) is 6.71 Å². The fourth-order valence-corrected chi connectivity index (χ4v) is 10.7. The van der Waals surface area contributed by atoms with Gasteiger partial charge in [-0.15, -0.1) is 0 Å². The van der Waals surface area contributed by atoms with Crippen LogP contribution in [0.5, 0.6) is 23.0 Å². The summed E-state index contributed by atoms with van der Waals surface area (Å²) in [6.07, 6.45) is 0. The van der Waals surface area contributed by atoms with E-state index in [0.717, 1.165) is 89.3 Å². The van der Waals surface area contributed by atoms with Gasteiger partial charge in [0.1, 0.15) is 23.0 Å². The summed E-state index contributed by atoms with van der Waals surface area (Å²) in [5, 5.41) is 4.66. The molecule has 0 amide bonds. The first-order chi connectivity index (χ1) is 29.4. The van der Waals surface area contributed by atoms with Gasteiger partial charge >= 0.3 is 0 Å². The highest BCUT2D eigenvalue weighted by molar-refractivity contribution is 8.00. The summed E-state index contributed by atoms with van der Waals surface area (Å²) in [5.74, 6) is 3.47. The Labute approximate surface area is 354 Å². The van der Waals surface area contributed by atoms with Gasteiger partial charge in [-0.3, -0.25) is 0 Å². The van der Waals surface area contributed by atoms with E-state index in [1.807, 2.05) is 11.8 Å². The van der Waals surface area contributed by atoms with Crippen LogP contribution in [-0.2, 0) is 5.41 Å². The Kier molecular flexibility index (Phi) is 7.79. The molecule has 0 aromatic heterocycles. The molecule has 9 aromatic carbocycles. The van der Waals surface area contributed by atoms with Crippen molar-refractivity contribution in [2.75, 3.05) is 9.80 Å². The van der Waals surface area contributed by atoms with Crippen LogP contribution in [0.3, 0.4) is 0 Å². The monoisotopic (exact) mass is 790 g/mol. The lowest BCUT2D eigenvalue weighted by Gasteiger charge is -2.40. The molecule has 3 aliphatic heterocycles. The summed E-state index contributed by atoms with van der Waals surface area (Å²) in [4.78, 5) is 7.09. The Bertz CT molecular complexity index is 3140. The van der Waals surface area contributed by atoms with Crippen LogP contribution in [0.15, 0.2) is 192 Å². The number of nitrogens with zero attached hydrogens (tertiary/aromatic N) is 2. The van der Waals surface area contributed by atoms with Crippen LogP contribution >= 0.6 is 11.8 Å². The molecule has 0 saturated heterocycles. The Morgan fingerprint density at radius 3 is 1.72 bits per heavy atom. The maximum atomic E-state index is 7.43. The van der Waals surface area contributed by atoms with E-state index >= 15 is 0 Å². The third-order valence-electron chi connectivity index (χ3n) is 12.3. The highest BCUT2D eigenvalue weighted by Crippen LogP contribution is 2.58. The lowest BCUT2D eigenvalue weighted by molar-refractivity contribution is 0.453. The number of hydrogen-bond acceptors (Lipinski definition) is 5. The van der Waals surface area contributed by atoms with Crippen LogP contribution in [0.4, 0.5) is 34.1 Å². The van der Waals surface area contributed by atoms with Crippen molar-refractivity contribution in [3.63, 3.8) is 0 Å². The molecule has 0 radical (unpaired) electrons. The van der Waals surface area contributed by atoms with Crippen molar-refractivity contribution in [1.29, 1.82) is 0 Å². The van der Waals surface area contributed by atoms with Gasteiger partial charge < -0.3 is 19.3 Å². The predicted octanol–water partition coefficient (Wildman–Crippen LogP) is 13.4. The first-order valence-electron chi connectivity index (χ1n) is 20.6. The number of ether oxygens (including phenoxy) is 2. The summed E-state index contributed by atoms with van der Waals surface area (Å²) < 4.78 is 14.7. The van der Waals surface area contributed by atoms with E-state index in [9.17, 15) is 0 Å². The number of fused-ring (bicyclic) bond motifs is 12. The van der Waals surface area contributed by atoms with Gasteiger partial charge in [0.15, 0.2) is 0 Å². The summed E-state index contributed by atoms with van der Waals surface area (Å²) in [6.45, 7) is 6.61. The van der Waals surface area contributed by atoms with Gasteiger partial charge in [-0.2, -0.15) is 0 Å². The van der Waals surface area contributed by atoms with Crippen molar-refractivity contribution >= 4 is 90.5 Å². The molecule has 60 heavy (non-hydrogen) atoms. The molecule has 0 fully saturated rings. The van der Waals surface area contributed by atoms with Gasteiger partial charge in [0, 0.05) is 44.3 Å². The van der Waals surface area contributed by atoms with E-state index in [1.54, 1.807) is 0 Å². The van der Waals surface area contributed by atoms with Gasteiger partial charge in [0.05, 0.1) is 22.0 Å². The molecule has 6 heteroatoms. The van der Waals surface area contributed by atoms with Gasteiger partial charge in [-0.25, -0.2) is 0 Å². The molecule has 0 saturated carbocycles. The van der Waals surface area contributed by atoms with Crippen molar-refractivity contribution in [3.05, 3.63) is 188 Å². The van der Waals surface area contributed by atoms with Crippen molar-refractivity contribution in [2.45, 2.75) is 36.0 Å². The number of rotatable bonds is 4. The minimum absolute atomic E-state index is 0.152. The van der Waals surface area contributed by atoms with Crippen LogP contribution in [0, 0.1) is 0 Å². The van der Waals surface area contributed by atoms with E-state index < -0.39 is 0 Å². The minimum atomic E-state index is -0.171. The number of anilines is 6. The molecule has 3 aliphatic rings. The molecule has 9 aromatic rings. The quantitative estimate of drug-likeness (QED) is 0.165. The molecule has 0 unspecified atom stereocenters. The first-order valence-corrected chi connectivity index (χ1v) is 21.4. The number of benzene rings is 9. The van der Waals surface area contributed by atoms with E-state index in [1.165, 1.54) is 21.1 Å². The van der Waals surface area contributed by atoms with E-state index in [0.29, 0.717) is 0 Å². The largest absolute Gasteiger partial charge is 0.458 e. The Morgan fingerprint density at radius 2 is 1.05 bits per heavy atom. The van der Waals surface area contributed by atoms with Crippen LogP contribution in [0.2, 0.25) is 0 Å². The van der Waals surface area contributed by atoms with Crippen LogP contribution in [-0.4, -0.2) is 6.71 Å². The standard InChI is InChI=1S/C54H39BN2O2S/c1-54(2,3)34-31-44-50-45(32-34)59-52-49(40-27-15-16-28-41(40)51-53(52)60-47-30-18-17-29-42(47)57(51)37-23-11-6-12-24-37)55(50)48-39-26-14-13-25-38(39)43(33-46(48)58-44)56(35-19-7-4-8-20-35)36-21-9-5-10-22-36/h4-33H,1-3H3. The second kappa shape index (κ2) is 13.3. The third-order valence-corrected chi connectivity index (χ3v) is 13.4. The fourth-order valence-electron chi connectivity index (χ4n) is 9.56. The van der Waals surface area contributed by atoms with Crippen LogP contribution in [0.25, 0.3) is 21.5 Å². The highest BCUT2D eigenvalue weighted by atomic mass is 32.2. The number of para-hydroxylation sites is 4. The highest BCUT2D eigenvalue weighted by Gasteiger charge is 2.46. The fraction of sp³-hybridized carbons (Fsp3) is 0.0741. The average Bonchev–Trinajstić information content (AvgIpc) is 3.29. The zero-order valence-electron chi connectivity index (χ0n) is 33.5. The van der Waals surface area contributed by atoms with E-state index in [2.05, 4.69) is 213 Å². The second-order valence-electron chi connectivity index (χ2n) is 16.8. The molecule has 4 nitrogen and oxygen atoms in total. The Morgan fingerprint density at radius 1 is 0.517 bits per heavy atom. The lowest BCUT2D eigenvalue weighted by Crippen LogP contribution is -2.58. The molecule has 0 aliphatic carbocycles. The smallest absolute Gasteiger partial charge is 0.262 e. The lowest BCUT2D eigenvalue weighted by atomic mass is 9.33. The molecule has 12 rings (SSSR count). The molecular weight excluding hydrogens is 751 g/mol. The topological polar surface area (TPSA) is 24.9 Å². The van der Waals surface area contributed by atoms with Crippen molar-refractivity contribution in [3.8, 4) is 23.0 Å². The van der Waals surface area contributed by atoms with Gasteiger partial charge in [0.2, 0.25) is 0 Å². The van der Waals surface area contributed by atoms with Crippen molar-refractivity contribution in [1.82, 2.24) is 0 Å². The summed E-state index contributed by atoms with van der Waals surface area (Å²) >= 11 is 1.81. The van der Waals surface area contributed by atoms with Gasteiger partial charge in [-0.05, 0) is 93.3 Å². The number of hydrogen-bond donors (Lipinski definition) is 0. The van der Waals surface area contributed by atoms with E-state index in [-0.39, 0.29) is 12.1 Å². The summed E-state index contributed by atoms with van der Waals surface area (Å²) in [7, 11) is 0. The third kappa shape index (κ3) is 5.27. The SMILES string of the molecule is CC(C)(C)c1cc2c3c(c1)Oc1c4c(c5ccccc5c1B3c1c(cc(N(c3ccccc3)c3ccccc3)c3ccccc13)O2)N(c1ccccc1)c1ccccc1S4. The molecule has 0 spiro atoms. The molecule has 0 bridgehead atoms. The zero-order chi connectivity index (χ0) is 40.1. The van der Waals surface area contributed by atoms with E-state index in [4.69, 9.17) is 9.47 Å². The molecule has 3 heterocycles. The summed E-state index contributed by atoms with van der Waals surface area (Å²) in [6, 6.07) is 65.3. The Balaban J connectivity index is 1.19. The zero-order valence-corrected chi connectivity index (χ0v) is 34.3. The maximum absolute atomic E-state index is 7.43. The normalized spacial score (nSPS) is 13.4. The first kappa shape index (κ1) is 35.1. The Hall–Kier alpha value is -6.89. The summed E-state index contributed by atoms with van der Waals surface area (Å²) in [5.41, 5.74) is 11.1.